The van der Waals surface area contributed by atoms with Crippen molar-refractivity contribution < 1.29 is 5.11 Å². The number of rotatable bonds is 3. The Labute approximate surface area is 125 Å². The van der Waals surface area contributed by atoms with Crippen molar-refractivity contribution in [1.29, 1.82) is 0 Å². The predicted octanol–water partition coefficient (Wildman–Crippen LogP) is 3.99. The van der Waals surface area contributed by atoms with Crippen molar-refractivity contribution in [3.8, 4) is 0 Å². The van der Waals surface area contributed by atoms with Gasteiger partial charge in [-0.25, -0.2) is 0 Å². The standard InChI is InChI=1S/C18H33NO/c1-14(8-9-17(2,3)4)11-15-12-18(5,20)16-7-6-10-19(16)13-15/h11,14,16,20H,6-10,12-13H2,1-5H3/b15-11-/t14-,16+,18+/m1/s1. The molecule has 0 saturated carbocycles. The third-order valence-corrected chi connectivity index (χ3v) is 4.94. The molecule has 1 N–H and O–H groups in total. The van der Waals surface area contributed by atoms with E-state index in [0.29, 0.717) is 17.4 Å². The Hall–Kier alpha value is -0.340. The van der Waals surface area contributed by atoms with E-state index in [4.69, 9.17) is 0 Å². The highest BCUT2D eigenvalue weighted by Crippen LogP contribution is 2.37. The molecule has 0 aromatic rings. The molecule has 0 aromatic carbocycles. The van der Waals surface area contributed by atoms with E-state index >= 15 is 0 Å². The van der Waals surface area contributed by atoms with E-state index in [1.165, 1.54) is 31.3 Å². The zero-order valence-corrected chi connectivity index (χ0v) is 14.1. The molecule has 2 saturated heterocycles. The molecule has 2 heterocycles. The Bertz CT molecular complexity index is 364. The molecule has 20 heavy (non-hydrogen) atoms. The van der Waals surface area contributed by atoms with Crippen LogP contribution in [0.1, 0.15) is 66.7 Å². The van der Waals surface area contributed by atoms with Crippen molar-refractivity contribution in [3.05, 3.63) is 11.6 Å². The molecule has 3 atom stereocenters. The summed E-state index contributed by atoms with van der Waals surface area (Å²) >= 11 is 0. The van der Waals surface area contributed by atoms with Gasteiger partial charge < -0.3 is 5.11 Å². The van der Waals surface area contributed by atoms with Gasteiger partial charge in [-0.1, -0.05) is 39.3 Å². The van der Waals surface area contributed by atoms with Gasteiger partial charge in [-0.05, 0) is 56.9 Å². The van der Waals surface area contributed by atoms with Gasteiger partial charge in [-0.3, -0.25) is 4.90 Å². The fourth-order valence-electron chi connectivity index (χ4n) is 3.87. The van der Waals surface area contributed by atoms with Gasteiger partial charge in [0.1, 0.15) is 0 Å². The summed E-state index contributed by atoms with van der Waals surface area (Å²) in [5.41, 5.74) is 1.35. The molecule has 2 aliphatic rings. The molecule has 0 bridgehead atoms. The van der Waals surface area contributed by atoms with E-state index < -0.39 is 5.60 Å². The largest absolute Gasteiger partial charge is 0.388 e. The van der Waals surface area contributed by atoms with Gasteiger partial charge in [-0.2, -0.15) is 0 Å². The topological polar surface area (TPSA) is 23.5 Å². The van der Waals surface area contributed by atoms with Crippen LogP contribution in [0, 0.1) is 11.3 Å². The van der Waals surface area contributed by atoms with Gasteiger partial charge in [0.05, 0.1) is 5.60 Å². The molecule has 0 amide bonds. The van der Waals surface area contributed by atoms with Crippen LogP contribution in [0.5, 0.6) is 0 Å². The summed E-state index contributed by atoms with van der Waals surface area (Å²) in [6.45, 7) is 13.5. The molecule has 2 nitrogen and oxygen atoms in total. The Balaban J connectivity index is 1.96. The van der Waals surface area contributed by atoms with E-state index in [1.54, 1.807) is 0 Å². The van der Waals surface area contributed by atoms with Crippen LogP contribution < -0.4 is 0 Å². The molecule has 0 unspecified atom stereocenters. The van der Waals surface area contributed by atoms with Crippen LogP contribution in [0.4, 0.5) is 0 Å². The lowest BCUT2D eigenvalue weighted by molar-refractivity contribution is -0.0330. The Morgan fingerprint density at radius 1 is 1.45 bits per heavy atom. The van der Waals surface area contributed by atoms with Crippen LogP contribution in [0.15, 0.2) is 11.6 Å². The maximum atomic E-state index is 10.7. The second kappa shape index (κ2) is 5.81. The highest BCUT2D eigenvalue weighted by molar-refractivity contribution is 5.17. The van der Waals surface area contributed by atoms with Crippen LogP contribution in [0.3, 0.4) is 0 Å². The Morgan fingerprint density at radius 2 is 2.15 bits per heavy atom. The van der Waals surface area contributed by atoms with Gasteiger partial charge in [0.15, 0.2) is 0 Å². The van der Waals surface area contributed by atoms with Crippen molar-refractivity contribution in [3.63, 3.8) is 0 Å². The molecule has 2 heteroatoms. The van der Waals surface area contributed by atoms with E-state index in [0.717, 1.165) is 19.5 Å². The number of piperidine rings is 1. The fraction of sp³-hybridized carbons (Fsp3) is 0.889. The number of hydrogen-bond acceptors (Lipinski definition) is 2. The summed E-state index contributed by atoms with van der Waals surface area (Å²) < 4.78 is 0. The molecule has 2 rings (SSSR count). The highest BCUT2D eigenvalue weighted by atomic mass is 16.3. The zero-order chi connectivity index (χ0) is 15.0. The maximum Gasteiger partial charge on any atom is 0.0811 e. The lowest BCUT2D eigenvalue weighted by Gasteiger charge is -2.43. The van der Waals surface area contributed by atoms with Crippen molar-refractivity contribution in [1.82, 2.24) is 4.90 Å². The summed E-state index contributed by atoms with van der Waals surface area (Å²) in [5.74, 6) is 0.624. The molecule has 2 fully saturated rings. The molecule has 116 valence electrons. The molecule has 2 aliphatic heterocycles. The summed E-state index contributed by atoms with van der Waals surface area (Å²) in [7, 11) is 0. The van der Waals surface area contributed by atoms with Crippen LogP contribution in [0.2, 0.25) is 0 Å². The number of allylic oxidation sites excluding steroid dienone is 1. The Kier molecular flexibility index (Phi) is 4.66. The second-order valence-corrected chi connectivity index (χ2v) is 8.56. The molecular formula is C18H33NO. The van der Waals surface area contributed by atoms with E-state index in [2.05, 4.69) is 38.7 Å². The Morgan fingerprint density at radius 3 is 2.80 bits per heavy atom. The first-order chi connectivity index (χ1) is 9.17. The molecule has 0 aromatic heterocycles. The summed E-state index contributed by atoms with van der Waals surface area (Å²) in [6, 6.07) is 0.393. The van der Waals surface area contributed by atoms with Crippen molar-refractivity contribution in [2.24, 2.45) is 11.3 Å². The van der Waals surface area contributed by atoms with Crippen LogP contribution in [-0.4, -0.2) is 34.7 Å². The normalized spacial score (nSPS) is 35.3. The maximum absolute atomic E-state index is 10.7. The smallest absolute Gasteiger partial charge is 0.0811 e. The minimum Gasteiger partial charge on any atom is -0.388 e. The summed E-state index contributed by atoms with van der Waals surface area (Å²) in [6.07, 6.45) is 8.23. The first kappa shape index (κ1) is 16.0. The van der Waals surface area contributed by atoms with Gasteiger partial charge in [0, 0.05) is 12.6 Å². The van der Waals surface area contributed by atoms with Crippen molar-refractivity contribution in [2.45, 2.75) is 78.4 Å². The van der Waals surface area contributed by atoms with Crippen molar-refractivity contribution >= 4 is 0 Å². The molecular weight excluding hydrogens is 246 g/mol. The summed E-state index contributed by atoms with van der Waals surface area (Å²) in [4.78, 5) is 2.49. The van der Waals surface area contributed by atoms with Gasteiger partial charge >= 0.3 is 0 Å². The van der Waals surface area contributed by atoms with Crippen molar-refractivity contribution in [2.75, 3.05) is 13.1 Å². The van der Waals surface area contributed by atoms with Crippen LogP contribution >= 0.6 is 0 Å². The third kappa shape index (κ3) is 4.08. The van der Waals surface area contributed by atoms with Crippen LogP contribution in [0.25, 0.3) is 0 Å². The quantitative estimate of drug-likeness (QED) is 0.790. The number of nitrogens with zero attached hydrogens (tertiary/aromatic N) is 1. The van der Waals surface area contributed by atoms with E-state index in [9.17, 15) is 5.11 Å². The van der Waals surface area contributed by atoms with E-state index in [-0.39, 0.29) is 0 Å². The second-order valence-electron chi connectivity index (χ2n) is 8.56. The average Bonchev–Trinajstić information content (AvgIpc) is 2.73. The molecule has 0 aliphatic carbocycles. The van der Waals surface area contributed by atoms with Gasteiger partial charge in [0.25, 0.3) is 0 Å². The lowest BCUT2D eigenvalue weighted by Crippen LogP contribution is -2.52. The third-order valence-electron chi connectivity index (χ3n) is 4.94. The average molecular weight is 279 g/mol. The monoisotopic (exact) mass is 279 g/mol. The highest BCUT2D eigenvalue weighted by Gasteiger charge is 2.43. The minimum absolute atomic E-state index is 0.393. The first-order valence-electron chi connectivity index (χ1n) is 8.33. The lowest BCUT2D eigenvalue weighted by atomic mass is 9.81. The van der Waals surface area contributed by atoms with Gasteiger partial charge in [0.2, 0.25) is 0 Å². The molecule has 0 spiro atoms. The van der Waals surface area contributed by atoms with E-state index in [1.807, 2.05) is 6.92 Å². The predicted molar refractivity (Wildman–Crippen MR) is 85.8 cm³/mol. The SMILES string of the molecule is C[C@@H](/C=C1\CN2CCC[C@H]2[C@@](C)(O)C1)CCC(C)(C)C. The summed E-state index contributed by atoms with van der Waals surface area (Å²) in [5, 5.41) is 10.7. The minimum atomic E-state index is -0.523. The fourth-order valence-corrected chi connectivity index (χ4v) is 3.87. The number of aliphatic hydroxyl groups is 1. The van der Waals surface area contributed by atoms with Crippen LogP contribution in [-0.2, 0) is 0 Å². The zero-order valence-electron chi connectivity index (χ0n) is 14.1. The van der Waals surface area contributed by atoms with Gasteiger partial charge in [-0.15, -0.1) is 0 Å². The number of hydrogen-bond donors (Lipinski definition) is 1. The first-order valence-corrected chi connectivity index (χ1v) is 8.33. The molecule has 0 radical (unpaired) electrons. The number of fused-ring (bicyclic) bond motifs is 1.